The van der Waals surface area contributed by atoms with Gasteiger partial charge in [-0.25, -0.2) is 0 Å². The molecule has 3 aromatic rings. The van der Waals surface area contributed by atoms with E-state index in [9.17, 15) is 4.79 Å². The van der Waals surface area contributed by atoms with Crippen LogP contribution in [-0.4, -0.2) is 41.7 Å². The molecule has 1 fully saturated rings. The SMILES string of the molecule is COc1ccc([C@@H]2CCCN2C(=O)CCc2nc(-c3cccs3)no2)c(OC)c1. The third-order valence-corrected chi connectivity index (χ3v) is 6.00. The van der Waals surface area contributed by atoms with Gasteiger partial charge in [-0.1, -0.05) is 11.2 Å². The number of amides is 1. The number of aryl methyl sites for hydroxylation is 1. The van der Waals surface area contributed by atoms with Crippen LogP contribution < -0.4 is 9.47 Å². The minimum absolute atomic E-state index is 0.00715. The summed E-state index contributed by atoms with van der Waals surface area (Å²) in [7, 11) is 3.27. The fraction of sp³-hybridized carbons (Fsp3) is 0.381. The predicted molar refractivity (Wildman–Crippen MR) is 109 cm³/mol. The molecule has 8 heteroatoms. The molecule has 1 amide bonds. The largest absolute Gasteiger partial charge is 0.497 e. The molecule has 1 aliphatic heterocycles. The molecule has 2 aromatic heterocycles. The first-order valence-electron chi connectivity index (χ1n) is 9.57. The van der Waals surface area contributed by atoms with Crippen LogP contribution in [0.25, 0.3) is 10.7 Å². The van der Waals surface area contributed by atoms with E-state index in [1.807, 2.05) is 40.6 Å². The van der Waals surface area contributed by atoms with Crippen molar-refractivity contribution in [1.29, 1.82) is 0 Å². The van der Waals surface area contributed by atoms with Crippen molar-refractivity contribution in [2.75, 3.05) is 20.8 Å². The number of methoxy groups -OCH3 is 2. The van der Waals surface area contributed by atoms with Gasteiger partial charge in [-0.15, -0.1) is 11.3 Å². The molecule has 1 atom stereocenters. The molecule has 152 valence electrons. The van der Waals surface area contributed by atoms with Crippen LogP contribution in [0.3, 0.4) is 0 Å². The van der Waals surface area contributed by atoms with E-state index in [0.29, 0.717) is 24.6 Å². The van der Waals surface area contributed by atoms with E-state index in [0.717, 1.165) is 41.3 Å². The van der Waals surface area contributed by atoms with Crippen molar-refractivity contribution in [3.63, 3.8) is 0 Å². The number of benzene rings is 1. The average molecular weight is 413 g/mol. The van der Waals surface area contributed by atoms with Crippen LogP contribution in [0.15, 0.2) is 40.2 Å². The third-order valence-electron chi connectivity index (χ3n) is 5.14. The van der Waals surface area contributed by atoms with Crippen LogP contribution in [0.4, 0.5) is 0 Å². The molecule has 0 unspecified atom stereocenters. The molecule has 0 N–H and O–H groups in total. The van der Waals surface area contributed by atoms with Gasteiger partial charge in [-0.3, -0.25) is 4.79 Å². The van der Waals surface area contributed by atoms with Gasteiger partial charge >= 0.3 is 0 Å². The van der Waals surface area contributed by atoms with Crippen LogP contribution in [0.2, 0.25) is 0 Å². The maximum Gasteiger partial charge on any atom is 0.227 e. The molecule has 7 nitrogen and oxygen atoms in total. The highest BCUT2D eigenvalue weighted by atomic mass is 32.1. The molecule has 0 spiro atoms. The standard InChI is InChI=1S/C21H23N3O4S/c1-26-14-7-8-15(17(13-14)27-2)16-5-3-11-24(16)20(25)10-9-19-22-21(23-28-19)18-6-4-12-29-18/h4,6-8,12-13,16H,3,5,9-11H2,1-2H3/t16-/m0/s1. The molecule has 0 aliphatic carbocycles. The van der Waals surface area contributed by atoms with Crippen molar-refractivity contribution in [3.8, 4) is 22.2 Å². The van der Waals surface area contributed by atoms with Crippen molar-refractivity contribution < 1.29 is 18.8 Å². The van der Waals surface area contributed by atoms with E-state index in [4.69, 9.17) is 14.0 Å². The smallest absolute Gasteiger partial charge is 0.227 e. The second kappa shape index (κ2) is 8.65. The summed E-state index contributed by atoms with van der Waals surface area (Å²) < 4.78 is 16.1. The number of thiophene rings is 1. The van der Waals surface area contributed by atoms with Gasteiger partial charge in [0.2, 0.25) is 17.6 Å². The van der Waals surface area contributed by atoms with Crippen LogP contribution >= 0.6 is 11.3 Å². The first kappa shape index (κ1) is 19.4. The number of nitrogens with zero attached hydrogens (tertiary/aromatic N) is 3. The Morgan fingerprint density at radius 1 is 1.31 bits per heavy atom. The molecule has 1 saturated heterocycles. The lowest BCUT2D eigenvalue weighted by atomic mass is 10.0. The lowest BCUT2D eigenvalue weighted by Gasteiger charge is -2.26. The van der Waals surface area contributed by atoms with Crippen LogP contribution in [0.5, 0.6) is 11.5 Å². The number of hydrogen-bond donors (Lipinski definition) is 0. The zero-order chi connectivity index (χ0) is 20.2. The van der Waals surface area contributed by atoms with E-state index in [1.165, 1.54) is 0 Å². The molecular formula is C21H23N3O4S. The highest BCUT2D eigenvalue weighted by Crippen LogP contribution is 2.39. The Labute approximate surface area is 173 Å². The van der Waals surface area contributed by atoms with Crippen LogP contribution in [0.1, 0.15) is 36.8 Å². The summed E-state index contributed by atoms with van der Waals surface area (Å²) in [5.74, 6) is 2.62. The van der Waals surface area contributed by atoms with Crippen LogP contribution in [-0.2, 0) is 11.2 Å². The minimum Gasteiger partial charge on any atom is -0.497 e. The van der Waals surface area contributed by atoms with Crippen molar-refractivity contribution in [3.05, 3.63) is 47.2 Å². The molecule has 1 aromatic carbocycles. The first-order chi connectivity index (χ1) is 14.2. The summed E-state index contributed by atoms with van der Waals surface area (Å²) >= 11 is 1.56. The zero-order valence-corrected chi connectivity index (χ0v) is 17.3. The van der Waals surface area contributed by atoms with E-state index in [1.54, 1.807) is 25.6 Å². The van der Waals surface area contributed by atoms with Gasteiger partial charge in [-0.05, 0) is 36.4 Å². The Kier molecular flexibility index (Phi) is 5.80. The summed E-state index contributed by atoms with van der Waals surface area (Å²) in [6.45, 7) is 0.739. The van der Waals surface area contributed by atoms with Gasteiger partial charge in [0.1, 0.15) is 11.5 Å². The molecule has 0 radical (unpaired) electrons. The van der Waals surface area contributed by atoms with Crippen LogP contribution in [0, 0.1) is 0 Å². The van der Waals surface area contributed by atoms with Gasteiger partial charge in [-0.2, -0.15) is 4.98 Å². The van der Waals surface area contributed by atoms with Crippen molar-refractivity contribution in [2.24, 2.45) is 0 Å². The summed E-state index contributed by atoms with van der Waals surface area (Å²) in [5.41, 5.74) is 1.01. The number of carbonyl (C=O) groups excluding carboxylic acids is 1. The molecule has 0 bridgehead atoms. The Balaban J connectivity index is 1.43. The molecule has 29 heavy (non-hydrogen) atoms. The quantitative estimate of drug-likeness (QED) is 0.580. The third kappa shape index (κ3) is 4.12. The zero-order valence-electron chi connectivity index (χ0n) is 16.5. The molecule has 4 rings (SSSR count). The predicted octanol–water partition coefficient (Wildman–Crippen LogP) is 4.11. The molecular weight excluding hydrogens is 390 g/mol. The Bertz CT molecular complexity index is 970. The van der Waals surface area contributed by atoms with Crippen molar-refractivity contribution >= 4 is 17.2 Å². The molecule has 0 saturated carbocycles. The normalized spacial score (nSPS) is 16.2. The molecule has 3 heterocycles. The van der Waals surface area contributed by atoms with E-state index < -0.39 is 0 Å². The fourth-order valence-corrected chi connectivity index (χ4v) is 4.35. The molecule has 1 aliphatic rings. The number of ether oxygens (including phenoxy) is 2. The number of rotatable bonds is 7. The number of likely N-dealkylation sites (tertiary alicyclic amines) is 1. The Morgan fingerprint density at radius 2 is 2.21 bits per heavy atom. The summed E-state index contributed by atoms with van der Waals surface area (Å²) in [6, 6.07) is 9.65. The first-order valence-corrected chi connectivity index (χ1v) is 10.5. The summed E-state index contributed by atoms with van der Waals surface area (Å²) in [6.07, 6.45) is 2.65. The van der Waals surface area contributed by atoms with Crippen molar-refractivity contribution in [1.82, 2.24) is 15.0 Å². The maximum atomic E-state index is 12.9. The van der Waals surface area contributed by atoms with Gasteiger partial charge in [0.25, 0.3) is 0 Å². The lowest BCUT2D eigenvalue weighted by Crippen LogP contribution is -2.31. The van der Waals surface area contributed by atoms with Gasteiger partial charge < -0.3 is 18.9 Å². The van der Waals surface area contributed by atoms with E-state index >= 15 is 0 Å². The number of carbonyl (C=O) groups is 1. The van der Waals surface area contributed by atoms with Gasteiger partial charge in [0.05, 0.1) is 25.1 Å². The summed E-state index contributed by atoms with van der Waals surface area (Å²) in [4.78, 5) is 20.2. The fourth-order valence-electron chi connectivity index (χ4n) is 3.70. The summed E-state index contributed by atoms with van der Waals surface area (Å²) in [5, 5.41) is 5.97. The van der Waals surface area contributed by atoms with E-state index in [-0.39, 0.29) is 11.9 Å². The minimum atomic E-state index is 0.00715. The van der Waals surface area contributed by atoms with Gasteiger partial charge in [0, 0.05) is 31.0 Å². The highest BCUT2D eigenvalue weighted by molar-refractivity contribution is 7.13. The number of aromatic nitrogens is 2. The highest BCUT2D eigenvalue weighted by Gasteiger charge is 2.32. The monoisotopic (exact) mass is 413 g/mol. The second-order valence-corrected chi connectivity index (χ2v) is 7.79. The van der Waals surface area contributed by atoms with Gasteiger partial charge in [0.15, 0.2) is 0 Å². The Hall–Kier alpha value is -2.87. The van der Waals surface area contributed by atoms with E-state index in [2.05, 4.69) is 10.1 Å². The Morgan fingerprint density at radius 3 is 2.97 bits per heavy atom. The number of hydrogen-bond acceptors (Lipinski definition) is 7. The lowest BCUT2D eigenvalue weighted by molar-refractivity contribution is -0.132. The average Bonchev–Trinajstić information content (AvgIpc) is 3.52. The van der Waals surface area contributed by atoms with Crippen molar-refractivity contribution in [2.45, 2.75) is 31.7 Å². The maximum absolute atomic E-state index is 12.9. The second-order valence-electron chi connectivity index (χ2n) is 6.84. The topological polar surface area (TPSA) is 77.7 Å².